The molecule has 0 saturated heterocycles. The van der Waals surface area contributed by atoms with Crippen LogP contribution in [0.4, 0.5) is 11.8 Å². The first-order chi connectivity index (χ1) is 8.15. The lowest BCUT2D eigenvalue weighted by atomic mass is 10.4. The standard InChI is InChI=1S/C10H12ClN5S/c1-6-5-17-8(15-6)2-3-13-9-7(11)4-14-10(12)16-9/h4-5H,2-3H2,1H3,(H3,12,13,14,16). The molecule has 0 atom stereocenters. The molecular weight excluding hydrogens is 258 g/mol. The number of nitrogens with two attached hydrogens (primary N) is 1. The zero-order valence-electron chi connectivity index (χ0n) is 9.27. The van der Waals surface area contributed by atoms with E-state index in [1.807, 2.05) is 12.3 Å². The van der Waals surface area contributed by atoms with Crippen LogP contribution in [0, 0.1) is 6.92 Å². The topological polar surface area (TPSA) is 76.7 Å². The number of halogens is 1. The lowest BCUT2D eigenvalue weighted by molar-refractivity contribution is 0.975. The monoisotopic (exact) mass is 269 g/mol. The van der Waals surface area contributed by atoms with Gasteiger partial charge in [-0.15, -0.1) is 11.3 Å². The number of nitrogens with one attached hydrogen (secondary N) is 1. The predicted octanol–water partition coefficient (Wildman–Crippen LogP) is 2.13. The molecule has 0 aliphatic rings. The summed E-state index contributed by atoms with van der Waals surface area (Å²) in [7, 11) is 0. The maximum absolute atomic E-state index is 5.93. The fourth-order valence-electron chi connectivity index (χ4n) is 1.31. The highest BCUT2D eigenvalue weighted by Crippen LogP contribution is 2.18. The van der Waals surface area contributed by atoms with Crippen LogP contribution in [0.25, 0.3) is 0 Å². The summed E-state index contributed by atoms with van der Waals surface area (Å²) < 4.78 is 0. The molecular formula is C10H12ClN5S. The first kappa shape index (κ1) is 12.1. The highest BCUT2D eigenvalue weighted by molar-refractivity contribution is 7.09. The van der Waals surface area contributed by atoms with Gasteiger partial charge in [0.15, 0.2) is 0 Å². The number of rotatable bonds is 4. The van der Waals surface area contributed by atoms with E-state index in [4.69, 9.17) is 17.3 Å². The van der Waals surface area contributed by atoms with Crippen LogP contribution in [-0.2, 0) is 6.42 Å². The highest BCUT2D eigenvalue weighted by atomic mass is 35.5. The van der Waals surface area contributed by atoms with E-state index in [-0.39, 0.29) is 5.95 Å². The Morgan fingerprint density at radius 2 is 2.29 bits per heavy atom. The molecule has 0 bridgehead atoms. The van der Waals surface area contributed by atoms with Crippen molar-refractivity contribution in [3.63, 3.8) is 0 Å². The van der Waals surface area contributed by atoms with Crippen molar-refractivity contribution in [1.82, 2.24) is 15.0 Å². The Hall–Kier alpha value is -1.40. The second kappa shape index (κ2) is 5.29. The average Bonchev–Trinajstić information content (AvgIpc) is 2.69. The number of nitrogens with zero attached hydrogens (tertiary/aromatic N) is 3. The molecule has 0 spiro atoms. The summed E-state index contributed by atoms with van der Waals surface area (Å²) in [6, 6.07) is 0. The molecule has 0 radical (unpaired) electrons. The summed E-state index contributed by atoms with van der Waals surface area (Å²) in [5.41, 5.74) is 6.53. The third-order valence-corrected chi connectivity index (χ3v) is 3.36. The fourth-order valence-corrected chi connectivity index (χ4v) is 2.24. The lowest BCUT2D eigenvalue weighted by Gasteiger charge is -2.06. The van der Waals surface area contributed by atoms with Crippen LogP contribution in [0.5, 0.6) is 0 Å². The molecule has 2 heterocycles. The Kier molecular flexibility index (Phi) is 3.75. The van der Waals surface area contributed by atoms with Crippen LogP contribution in [0.15, 0.2) is 11.6 Å². The molecule has 3 N–H and O–H groups in total. The van der Waals surface area contributed by atoms with Gasteiger partial charge in [0.1, 0.15) is 10.8 Å². The zero-order chi connectivity index (χ0) is 12.3. The molecule has 17 heavy (non-hydrogen) atoms. The molecule has 7 heteroatoms. The van der Waals surface area contributed by atoms with E-state index in [2.05, 4.69) is 20.3 Å². The Morgan fingerprint density at radius 1 is 1.47 bits per heavy atom. The number of aromatic nitrogens is 3. The molecule has 0 saturated carbocycles. The van der Waals surface area contributed by atoms with Crippen molar-refractivity contribution in [1.29, 1.82) is 0 Å². The van der Waals surface area contributed by atoms with Crippen molar-refractivity contribution in [2.45, 2.75) is 13.3 Å². The molecule has 2 aromatic heterocycles. The molecule has 2 aromatic rings. The van der Waals surface area contributed by atoms with E-state index in [1.165, 1.54) is 6.20 Å². The Balaban J connectivity index is 1.91. The number of nitrogen functional groups attached to an aromatic ring is 1. The van der Waals surface area contributed by atoms with Crippen LogP contribution in [0.2, 0.25) is 5.02 Å². The number of hydrogen-bond acceptors (Lipinski definition) is 6. The van der Waals surface area contributed by atoms with Crippen molar-refractivity contribution in [3.05, 3.63) is 27.3 Å². The smallest absolute Gasteiger partial charge is 0.222 e. The minimum atomic E-state index is 0.210. The molecule has 0 fully saturated rings. The third kappa shape index (κ3) is 3.28. The minimum Gasteiger partial charge on any atom is -0.368 e. The van der Waals surface area contributed by atoms with Gasteiger partial charge in [0, 0.05) is 24.0 Å². The maximum Gasteiger partial charge on any atom is 0.222 e. The van der Waals surface area contributed by atoms with Gasteiger partial charge in [-0.1, -0.05) is 11.6 Å². The van der Waals surface area contributed by atoms with E-state index in [0.29, 0.717) is 17.4 Å². The van der Waals surface area contributed by atoms with Crippen LogP contribution in [-0.4, -0.2) is 21.5 Å². The highest BCUT2D eigenvalue weighted by Gasteiger charge is 2.04. The van der Waals surface area contributed by atoms with Crippen molar-refractivity contribution in [3.8, 4) is 0 Å². The van der Waals surface area contributed by atoms with Crippen molar-refractivity contribution < 1.29 is 0 Å². The summed E-state index contributed by atoms with van der Waals surface area (Å²) in [6.07, 6.45) is 2.32. The van der Waals surface area contributed by atoms with Gasteiger partial charge in [0.25, 0.3) is 0 Å². The van der Waals surface area contributed by atoms with E-state index in [0.717, 1.165) is 17.1 Å². The van der Waals surface area contributed by atoms with Crippen LogP contribution in [0.1, 0.15) is 10.7 Å². The van der Waals surface area contributed by atoms with E-state index >= 15 is 0 Å². The normalized spacial score (nSPS) is 10.5. The molecule has 0 unspecified atom stereocenters. The first-order valence-corrected chi connectivity index (χ1v) is 6.34. The van der Waals surface area contributed by atoms with Crippen LogP contribution < -0.4 is 11.1 Å². The number of anilines is 2. The quantitative estimate of drug-likeness (QED) is 0.889. The molecule has 2 rings (SSSR count). The number of thiazole rings is 1. The van der Waals surface area contributed by atoms with Gasteiger partial charge in [0.2, 0.25) is 5.95 Å². The minimum absolute atomic E-state index is 0.210. The first-order valence-electron chi connectivity index (χ1n) is 5.08. The van der Waals surface area contributed by atoms with E-state index < -0.39 is 0 Å². The lowest BCUT2D eigenvalue weighted by Crippen LogP contribution is -2.08. The molecule has 90 valence electrons. The third-order valence-electron chi connectivity index (χ3n) is 2.06. The van der Waals surface area contributed by atoms with E-state index in [9.17, 15) is 0 Å². The fraction of sp³-hybridized carbons (Fsp3) is 0.300. The largest absolute Gasteiger partial charge is 0.368 e. The van der Waals surface area contributed by atoms with Gasteiger partial charge in [0.05, 0.1) is 11.2 Å². The summed E-state index contributed by atoms with van der Waals surface area (Å²) >= 11 is 7.58. The molecule has 5 nitrogen and oxygen atoms in total. The SMILES string of the molecule is Cc1csc(CCNc2nc(N)ncc2Cl)n1. The van der Waals surface area contributed by atoms with Gasteiger partial charge < -0.3 is 11.1 Å². The van der Waals surface area contributed by atoms with E-state index in [1.54, 1.807) is 11.3 Å². The maximum atomic E-state index is 5.93. The molecule has 0 aliphatic carbocycles. The van der Waals surface area contributed by atoms with Crippen LogP contribution in [0.3, 0.4) is 0 Å². The zero-order valence-corrected chi connectivity index (χ0v) is 10.8. The van der Waals surface area contributed by atoms with Gasteiger partial charge in [-0.25, -0.2) is 9.97 Å². The summed E-state index contributed by atoms with van der Waals surface area (Å²) in [4.78, 5) is 12.2. The summed E-state index contributed by atoms with van der Waals surface area (Å²) in [6.45, 7) is 2.69. The van der Waals surface area contributed by atoms with Crippen molar-refractivity contribution in [2.24, 2.45) is 0 Å². The molecule has 0 aromatic carbocycles. The second-order valence-electron chi connectivity index (χ2n) is 3.48. The Morgan fingerprint density at radius 3 is 3.00 bits per heavy atom. The Bertz CT molecular complexity index is 513. The summed E-state index contributed by atoms with van der Waals surface area (Å²) in [5.74, 6) is 0.773. The average molecular weight is 270 g/mol. The predicted molar refractivity (Wildman–Crippen MR) is 70.5 cm³/mol. The van der Waals surface area contributed by atoms with Gasteiger partial charge in [-0.05, 0) is 6.92 Å². The number of aryl methyl sites for hydroxylation is 1. The van der Waals surface area contributed by atoms with Gasteiger partial charge >= 0.3 is 0 Å². The van der Waals surface area contributed by atoms with Crippen molar-refractivity contribution >= 4 is 34.7 Å². The molecule has 0 amide bonds. The van der Waals surface area contributed by atoms with Crippen molar-refractivity contribution in [2.75, 3.05) is 17.6 Å². The molecule has 0 aliphatic heterocycles. The van der Waals surface area contributed by atoms with Crippen LogP contribution >= 0.6 is 22.9 Å². The Labute approximate surface area is 108 Å². The number of hydrogen-bond donors (Lipinski definition) is 2. The second-order valence-corrected chi connectivity index (χ2v) is 4.83. The van der Waals surface area contributed by atoms with Gasteiger partial charge in [-0.2, -0.15) is 4.98 Å². The van der Waals surface area contributed by atoms with Gasteiger partial charge in [-0.3, -0.25) is 0 Å². The summed E-state index contributed by atoms with van der Waals surface area (Å²) in [5, 5.41) is 6.71.